The van der Waals surface area contributed by atoms with E-state index in [9.17, 15) is 0 Å². The summed E-state index contributed by atoms with van der Waals surface area (Å²) >= 11 is 1.94. The molecule has 0 aliphatic heterocycles. The lowest BCUT2D eigenvalue weighted by molar-refractivity contribution is 0.672. The minimum absolute atomic E-state index is 1.23. The summed E-state index contributed by atoms with van der Waals surface area (Å²) in [5, 5.41) is 0. The molecule has 1 heteroatoms. The van der Waals surface area contributed by atoms with E-state index in [2.05, 4.69) is 20.4 Å². The van der Waals surface area contributed by atoms with Crippen LogP contribution in [0.25, 0.3) is 0 Å². The Balaban J connectivity index is 3.08. The van der Waals surface area contributed by atoms with Crippen LogP contribution in [-0.4, -0.2) is 5.75 Å². The minimum Gasteiger partial charge on any atom is -0.131 e. The Morgan fingerprint density at radius 1 is 1.08 bits per heavy atom. The van der Waals surface area contributed by atoms with E-state index < -0.39 is 0 Å². The summed E-state index contributed by atoms with van der Waals surface area (Å²) in [4.78, 5) is 1.38. The topological polar surface area (TPSA) is 0 Å². The van der Waals surface area contributed by atoms with Crippen LogP contribution < -0.4 is 0 Å². The minimum atomic E-state index is 1.23. The molecule has 0 radical (unpaired) electrons. The number of allylic oxidation sites excluding steroid dienone is 1. The zero-order chi connectivity index (χ0) is 9.23. The van der Waals surface area contributed by atoms with E-state index in [0.29, 0.717) is 0 Å². The zero-order valence-electron chi connectivity index (χ0n) is 8.57. The summed E-state index contributed by atoms with van der Waals surface area (Å²) in [7, 11) is 0. The molecule has 0 unspecified atom stereocenters. The number of hydrogen-bond acceptors (Lipinski definition) is 1. The Bertz CT molecular complexity index is 108. The number of rotatable bonds is 8. The van der Waals surface area contributed by atoms with Gasteiger partial charge in [0, 0.05) is 0 Å². The highest BCUT2D eigenvalue weighted by atomic mass is 32.2. The van der Waals surface area contributed by atoms with Crippen LogP contribution in [-0.2, 0) is 0 Å². The molecule has 0 rings (SSSR count). The van der Waals surface area contributed by atoms with Crippen molar-refractivity contribution >= 4 is 11.8 Å². The van der Waals surface area contributed by atoms with Crippen molar-refractivity contribution in [3.05, 3.63) is 11.5 Å². The maximum Gasteiger partial charge on any atom is -0.00261 e. The van der Waals surface area contributed by atoms with Crippen LogP contribution in [0.2, 0.25) is 0 Å². The Labute approximate surface area is 81.8 Å². The molecule has 0 nitrogen and oxygen atoms in total. The summed E-state index contributed by atoms with van der Waals surface area (Å²) in [6.07, 6.45) is 7.91. The summed E-state index contributed by atoms with van der Waals surface area (Å²) in [6, 6.07) is 0. The standard InChI is InChI=1S/C11H22S/c1-4-6-7-8-9-11(3)12-10-5-2/h3-10H2,1-2H3. The fourth-order valence-electron chi connectivity index (χ4n) is 1.07. The van der Waals surface area contributed by atoms with Crippen molar-refractivity contribution in [2.45, 2.75) is 52.4 Å². The molecule has 0 fully saturated rings. The Hall–Kier alpha value is 0.0900. The lowest BCUT2D eigenvalue weighted by Gasteiger charge is -2.03. The first-order chi connectivity index (χ1) is 5.81. The zero-order valence-corrected chi connectivity index (χ0v) is 9.38. The molecule has 0 aromatic carbocycles. The second-order valence-electron chi connectivity index (χ2n) is 3.20. The first kappa shape index (κ1) is 12.1. The highest BCUT2D eigenvalue weighted by Crippen LogP contribution is 2.20. The lowest BCUT2D eigenvalue weighted by atomic mass is 10.1. The van der Waals surface area contributed by atoms with E-state index in [-0.39, 0.29) is 0 Å². The summed E-state index contributed by atoms with van der Waals surface area (Å²) in [5.41, 5.74) is 0. The molecule has 0 aromatic heterocycles. The van der Waals surface area contributed by atoms with E-state index in [1.807, 2.05) is 11.8 Å². The highest BCUT2D eigenvalue weighted by molar-refractivity contribution is 8.03. The van der Waals surface area contributed by atoms with Crippen LogP contribution in [0.15, 0.2) is 11.5 Å². The first-order valence-corrected chi connectivity index (χ1v) is 6.10. The molecular weight excluding hydrogens is 164 g/mol. The van der Waals surface area contributed by atoms with Crippen molar-refractivity contribution in [2.75, 3.05) is 5.75 Å². The van der Waals surface area contributed by atoms with Crippen LogP contribution in [0, 0.1) is 0 Å². The monoisotopic (exact) mass is 186 g/mol. The van der Waals surface area contributed by atoms with Crippen molar-refractivity contribution < 1.29 is 0 Å². The molecule has 0 heterocycles. The molecule has 0 aliphatic rings. The van der Waals surface area contributed by atoms with Gasteiger partial charge < -0.3 is 0 Å². The van der Waals surface area contributed by atoms with Crippen molar-refractivity contribution in [3.63, 3.8) is 0 Å². The van der Waals surface area contributed by atoms with Crippen LogP contribution in [0.5, 0.6) is 0 Å². The van der Waals surface area contributed by atoms with Gasteiger partial charge >= 0.3 is 0 Å². The average Bonchev–Trinajstić information content (AvgIpc) is 2.09. The van der Waals surface area contributed by atoms with E-state index in [4.69, 9.17) is 0 Å². The molecule has 0 saturated heterocycles. The molecule has 12 heavy (non-hydrogen) atoms. The predicted octanol–water partition coefficient (Wildman–Crippen LogP) is 4.61. The maximum absolute atomic E-state index is 4.05. The highest BCUT2D eigenvalue weighted by Gasteiger charge is 1.94. The van der Waals surface area contributed by atoms with Crippen molar-refractivity contribution in [2.24, 2.45) is 0 Å². The van der Waals surface area contributed by atoms with E-state index >= 15 is 0 Å². The number of hydrogen-bond donors (Lipinski definition) is 0. The van der Waals surface area contributed by atoms with Gasteiger partial charge in [0.05, 0.1) is 0 Å². The van der Waals surface area contributed by atoms with Crippen molar-refractivity contribution in [1.82, 2.24) is 0 Å². The molecule has 0 N–H and O–H groups in total. The lowest BCUT2D eigenvalue weighted by Crippen LogP contribution is -1.81. The SMILES string of the molecule is C=C(CCCCCC)SCCC. The Morgan fingerprint density at radius 2 is 1.83 bits per heavy atom. The van der Waals surface area contributed by atoms with Gasteiger partial charge in [-0.15, -0.1) is 11.8 Å². The third-order valence-corrected chi connectivity index (χ3v) is 3.04. The van der Waals surface area contributed by atoms with E-state index in [1.165, 1.54) is 49.2 Å². The van der Waals surface area contributed by atoms with Crippen LogP contribution in [0.4, 0.5) is 0 Å². The van der Waals surface area contributed by atoms with Gasteiger partial charge in [-0.05, 0) is 29.9 Å². The molecular formula is C11H22S. The summed E-state index contributed by atoms with van der Waals surface area (Å²) in [5.74, 6) is 1.24. The average molecular weight is 186 g/mol. The molecule has 0 saturated carbocycles. The fourth-order valence-corrected chi connectivity index (χ4v) is 1.85. The number of thioether (sulfide) groups is 1. The first-order valence-electron chi connectivity index (χ1n) is 5.11. The Kier molecular flexibility index (Phi) is 9.25. The molecule has 0 amide bonds. The van der Waals surface area contributed by atoms with Crippen LogP contribution >= 0.6 is 11.8 Å². The van der Waals surface area contributed by atoms with Gasteiger partial charge in [0.25, 0.3) is 0 Å². The molecule has 0 atom stereocenters. The second kappa shape index (κ2) is 9.18. The van der Waals surface area contributed by atoms with E-state index in [1.54, 1.807) is 0 Å². The van der Waals surface area contributed by atoms with Gasteiger partial charge in [-0.25, -0.2) is 0 Å². The third-order valence-electron chi connectivity index (χ3n) is 1.82. The van der Waals surface area contributed by atoms with Gasteiger partial charge in [0.15, 0.2) is 0 Å². The molecule has 0 spiro atoms. The van der Waals surface area contributed by atoms with Gasteiger partial charge in [0.1, 0.15) is 0 Å². The quantitative estimate of drug-likeness (QED) is 0.499. The van der Waals surface area contributed by atoms with Crippen molar-refractivity contribution in [1.29, 1.82) is 0 Å². The molecule has 0 aromatic rings. The van der Waals surface area contributed by atoms with E-state index in [0.717, 1.165) is 0 Å². The normalized spacial score (nSPS) is 10.2. The third kappa shape index (κ3) is 8.19. The number of unbranched alkanes of at least 4 members (excludes halogenated alkanes) is 3. The largest absolute Gasteiger partial charge is 0.131 e. The van der Waals surface area contributed by atoms with Gasteiger partial charge in [0.2, 0.25) is 0 Å². The van der Waals surface area contributed by atoms with Crippen molar-refractivity contribution in [3.8, 4) is 0 Å². The molecule has 72 valence electrons. The Morgan fingerprint density at radius 3 is 2.42 bits per heavy atom. The summed E-state index contributed by atoms with van der Waals surface area (Å²) < 4.78 is 0. The fraction of sp³-hybridized carbons (Fsp3) is 0.818. The molecule has 0 aliphatic carbocycles. The second-order valence-corrected chi connectivity index (χ2v) is 4.47. The van der Waals surface area contributed by atoms with Crippen LogP contribution in [0.1, 0.15) is 52.4 Å². The maximum atomic E-state index is 4.05. The van der Waals surface area contributed by atoms with Gasteiger partial charge in [-0.2, -0.15) is 0 Å². The van der Waals surface area contributed by atoms with Gasteiger partial charge in [-0.3, -0.25) is 0 Å². The smallest absolute Gasteiger partial charge is 0.00261 e. The molecule has 0 bridgehead atoms. The summed E-state index contributed by atoms with van der Waals surface area (Å²) in [6.45, 7) is 8.52. The van der Waals surface area contributed by atoms with Crippen LogP contribution in [0.3, 0.4) is 0 Å². The predicted molar refractivity (Wildman–Crippen MR) is 60.6 cm³/mol. The van der Waals surface area contributed by atoms with Gasteiger partial charge in [-0.1, -0.05) is 39.7 Å².